The van der Waals surface area contributed by atoms with Crippen molar-refractivity contribution in [2.75, 3.05) is 18.1 Å². The first-order valence-electron chi connectivity index (χ1n) is 9.39. The van der Waals surface area contributed by atoms with Crippen molar-refractivity contribution >= 4 is 17.6 Å². The minimum absolute atomic E-state index is 0.172. The zero-order chi connectivity index (χ0) is 19.3. The van der Waals surface area contributed by atoms with E-state index in [1.165, 1.54) is 0 Å². The van der Waals surface area contributed by atoms with Gasteiger partial charge < -0.3 is 14.1 Å². The van der Waals surface area contributed by atoms with Crippen molar-refractivity contribution in [3.8, 4) is 11.3 Å². The summed E-state index contributed by atoms with van der Waals surface area (Å²) >= 11 is 0. The van der Waals surface area contributed by atoms with Gasteiger partial charge in [0.05, 0.1) is 6.42 Å². The molecule has 4 rings (SSSR count). The number of furan rings is 1. The number of nitrogens with zero attached hydrogens (tertiary/aromatic N) is 1. The molecule has 0 radical (unpaired) electrons. The number of fused-ring (bicyclic) bond motifs is 1. The minimum Gasteiger partial charge on any atom is -0.461 e. The number of ether oxygens (including phenoxy) is 1. The van der Waals surface area contributed by atoms with E-state index in [9.17, 15) is 9.59 Å². The molecule has 142 valence electrons. The second-order valence-corrected chi connectivity index (χ2v) is 6.72. The van der Waals surface area contributed by atoms with E-state index < -0.39 is 5.97 Å². The third kappa shape index (κ3) is 3.98. The summed E-state index contributed by atoms with van der Waals surface area (Å²) in [6.07, 6.45) is 1.44. The topological polar surface area (TPSA) is 59.8 Å². The highest BCUT2D eigenvalue weighted by molar-refractivity contribution is 5.97. The Balaban J connectivity index is 1.25. The van der Waals surface area contributed by atoms with Crippen LogP contribution in [0, 0.1) is 0 Å². The van der Waals surface area contributed by atoms with Crippen LogP contribution >= 0.6 is 0 Å². The van der Waals surface area contributed by atoms with E-state index >= 15 is 0 Å². The van der Waals surface area contributed by atoms with E-state index in [4.69, 9.17) is 9.15 Å². The van der Waals surface area contributed by atoms with Gasteiger partial charge in [-0.25, -0.2) is 0 Å². The first-order chi connectivity index (χ1) is 13.7. The minimum atomic E-state index is -0.404. The Morgan fingerprint density at radius 1 is 0.964 bits per heavy atom. The maximum atomic E-state index is 12.4. The summed E-state index contributed by atoms with van der Waals surface area (Å²) in [5.41, 5.74) is 3.05. The predicted octanol–water partition coefficient (Wildman–Crippen LogP) is 4.01. The highest BCUT2D eigenvalue weighted by Crippen LogP contribution is 2.27. The van der Waals surface area contributed by atoms with E-state index in [1.54, 1.807) is 4.90 Å². The van der Waals surface area contributed by atoms with Gasteiger partial charge in [-0.05, 0) is 30.2 Å². The molecule has 2 heterocycles. The van der Waals surface area contributed by atoms with Crippen LogP contribution in [0.25, 0.3) is 11.3 Å². The first-order valence-corrected chi connectivity index (χ1v) is 9.39. The molecule has 0 fully saturated rings. The number of rotatable bonds is 6. The van der Waals surface area contributed by atoms with E-state index in [-0.39, 0.29) is 18.9 Å². The quantitative estimate of drug-likeness (QED) is 0.611. The molecule has 1 aliphatic heterocycles. The van der Waals surface area contributed by atoms with Gasteiger partial charge in [-0.1, -0.05) is 48.5 Å². The molecule has 1 amide bonds. The monoisotopic (exact) mass is 375 g/mol. The molecule has 0 saturated heterocycles. The van der Waals surface area contributed by atoms with Crippen LogP contribution in [0.15, 0.2) is 71.1 Å². The molecule has 5 heteroatoms. The Hall–Kier alpha value is -3.34. The maximum Gasteiger partial charge on any atom is 0.306 e. The average molecular weight is 375 g/mol. The van der Waals surface area contributed by atoms with Crippen LogP contribution in [0.2, 0.25) is 0 Å². The molecule has 5 nitrogen and oxygen atoms in total. The highest BCUT2D eigenvalue weighted by Gasteiger charge is 2.24. The molecule has 3 aromatic rings. The van der Waals surface area contributed by atoms with Crippen LogP contribution in [-0.4, -0.2) is 25.0 Å². The fourth-order valence-corrected chi connectivity index (χ4v) is 3.38. The average Bonchev–Trinajstić information content (AvgIpc) is 3.38. The molecule has 0 unspecified atom stereocenters. The van der Waals surface area contributed by atoms with Gasteiger partial charge in [-0.3, -0.25) is 9.59 Å². The van der Waals surface area contributed by atoms with E-state index in [2.05, 4.69) is 0 Å². The molecular formula is C23H21NO4. The maximum absolute atomic E-state index is 12.4. The lowest BCUT2D eigenvalue weighted by Gasteiger charge is -2.17. The Morgan fingerprint density at radius 3 is 2.61 bits per heavy atom. The molecule has 0 atom stereocenters. The van der Waals surface area contributed by atoms with E-state index in [0.717, 1.165) is 34.8 Å². The lowest BCUT2D eigenvalue weighted by atomic mass is 10.2. The molecule has 0 saturated carbocycles. The molecule has 0 spiro atoms. The number of esters is 1. The van der Waals surface area contributed by atoms with Crippen LogP contribution in [0.4, 0.5) is 5.69 Å². The predicted molar refractivity (Wildman–Crippen MR) is 106 cm³/mol. The lowest BCUT2D eigenvalue weighted by molar-refractivity contribution is -0.147. The summed E-state index contributed by atoms with van der Waals surface area (Å²) in [4.78, 5) is 26.1. The number of para-hydroxylation sites is 1. The van der Waals surface area contributed by atoms with Crippen molar-refractivity contribution in [2.45, 2.75) is 19.3 Å². The summed E-state index contributed by atoms with van der Waals surface area (Å²) in [5.74, 6) is 0.892. The Kier molecular flexibility index (Phi) is 5.24. The molecule has 0 bridgehead atoms. The number of carbonyl (C=O) groups is 2. The molecule has 1 aliphatic rings. The number of carbonyl (C=O) groups excluding carboxylic acids is 2. The lowest BCUT2D eigenvalue weighted by Crippen LogP contribution is -2.33. The van der Waals surface area contributed by atoms with Gasteiger partial charge in [0.2, 0.25) is 0 Å². The van der Waals surface area contributed by atoms with Crippen molar-refractivity contribution in [1.29, 1.82) is 0 Å². The van der Waals surface area contributed by atoms with Gasteiger partial charge in [0.1, 0.15) is 11.5 Å². The summed E-state index contributed by atoms with van der Waals surface area (Å²) in [5, 5.41) is 0. The standard InChI is InChI=1S/C23H21NO4/c25-22(24-15-14-17-6-4-5-9-20(17)24)16-27-23(26)13-11-19-10-12-21(28-19)18-7-2-1-3-8-18/h1-10,12H,11,13-16H2. The van der Waals surface area contributed by atoms with Crippen molar-refractivity contribution in [2.24, 2.45) is 0 Å². The molecule has 0 aliphatic carbocycles. The van der Waals surface area contributed by atoms with E-state index in [0.29, 0.717) is 13.0 Å². The number of hydrogen-bond donors (Lipinski definition) is 0. The Labute approximate surface area is 163 Å². The van der Waals surface area contributed by atoms with Gasteiger partial charge >= 0.3 is 5.97 Å². The number of amides is 1. The number of anilines is 1. The zero-order valence-electron chi connectivity index (χ0n) is 15.5. The van der Waals surface area contributed by atoms with Crippen molar-refractivity contribution in [3.05, 3.63) is 78.1 Å². The van der Waals surface area contributed by atoms with Crippen LogP contribution in [-0.2, 0) is 27.2 Å². The summed E-state index contributed by atoms with van der Waals surface area (Å²) in [7, 11) is 0. The summed E-state index contributed by atoms with van der Waals surface area (Å²) in [6.45, 7) is 0.394. The number of aryl methyl sites for hydroxylation is 1. The second-order valence-electron chi connectivity index (χ2n) is 6.72. The second kappa shape index (κ2) is 8.13. The highest BCUT2D eigenvalue weighted by atomic mass is 16.5. The molecule has 0 N–H and O–H groups in total. The third-order valence-corrected chi connectivity index (χ3v) is 4.84. The largest absolute Gasteiger partial charge is 0.461 e. The summed E-state index contributed by atoms with van der Waals surface area (Å²) < 4.78 is 11.0. The normalized spacial score (nSPS) is 12.6. The van der Waals surface area contributed by atoms with Gasteiger partial charge in [-0.2, -0.15) is 0 Å². The molecular weight excluding hydrogens is 354 g/mol. The molecule has 28 heavy (non-hydrogen) atoms. The summed E-state index contributed by atoms with van der Waals surface area (Å²) in [6, 6.07) is 21.4. The number of benzene rings is 2. The van der Waals surface area contributed by atoms with Gasteiger partial charge in [0.25, 0.3) is 5.91 Å². The number of hydrogen-bond acceptors (Lipinski definition) is 4. The SMILES string of the molecule is O=C(CCc1ccc(-c2ccccc2)o1)OCC(=O)N1CCc2ccccc21. The zero-order valence-corrected chi connectivity index (χ0v) is 15.5. The van der Waals surface area contributed by atoms with Crippen molar-refractivity contribution in [3.63, 3.8) is 0 Å². The van der Waals surface area contributed by atoms with Crippen molar-refractivity contribution < 1.29 is 18.7 Å². The van der Waals surface area contributed by atoms with Gasteiger partial charge in [0, 0.05) is 24.2 Å². The van der Waals surface area contributed by atoms with Gasteiger partial charge in [-0.15, -0.1) is 0 Å². The fraction of sp³-hybridized carbons (Fsp3) is 0.217. The van der Waals surface area contributed by atoms with E-state index in [1.807, 2.05) is 66.7 Å². The molecule has 1 aromatic heterocycles. The smallest absolute Gasteiger partial charge is 0.306 e. The Bertz CT molecular complexity index is 977. The van der Waals surface area contributed by atoms with Crippen LogP contribution in [0.3, 0.4) is 0 Å². The third-order valence-electron chi connectivity index (χ3n) is 4.84. The van der Waals surface area contributed by atoms with Crippen molar-refractivity contribution in [1.82, 2.24) is 0 Å². The van der Waals surface area contributed by atoms with Crippen LogP contribution in [0.1, 0.15) is 17.7 Å². The fourth-order valence-electron chi connectivity index (χ4n) is 3.38. The Morgan fingerprint density at radius 2 is 1.75 bits per heavy atom. The van der Waals surface area contributed by atoms with Crippen LogP contribution < -0.4 is 4.90 Å². The van der Waals surface area contributed by atoms with Gasteiger partial charge in [0.15, 0.2) is 6.61 Å². The molecule has 2 aromatic carbocycles. The van der Waals surface area contributed by atoms with Crippen LogP contribution in [0.5, 0.6) is 0 Å². The first kappa shape index (κ1) is 18.0.